The Balaban J connectivity index is 1.43. The second kappa shape index (κ2) is 7.15. The summed E-state index contributed by atoms with van der Waals surface area (Å²) in [5.41, 5.74) is 1.63. The van der Waals surface area contributed by atoms with Gasteiger partial charge in [-0.2, -0.15) is 0 Å². The predicted octanol–water partition coefficient (Wildman–Crippen LogP) is 2.19. The first kappa shape index (κ1) is 18.3. The number of fused-ring (bicyclic) bond motifs is 1. The lowest BCUT2D eigenvalue weighted by molar-refractivity contribution is 0.00555. The molecule has 0 unspecified atom stereocenters. The molecule has 6 heteroatoms. The number of carbonyl (C=O) groups excluding carboxylic acids is 2. The first-order valence-corrected chi connectivity index (χ1v) is 10.1. The summed E-state index contributed by atoms with van der Waals surface area (Å²) in [7, 11) is 0. The number of nitrogens with zero attached hydrogens (tertiary/aromatic N) is 1. The summed E-state index contributed by atoms with van der Waals surface area (Å²) in [4.78, 5) is 26.9. The Morgan fingerprint density at radius 1 is 1.26 bits per heavy atom. The van der Waals surface area contributed by atoms with Gasteiger partial charge in [-0.25, -0.2) is 4.79 Å². The van der Waals surface area contributed by atoms with Gasteiger partial charge in [0.05, 0.1) is 18.2 Å². The number of hydrogen-bond donors (Lipinski definition) is 2. The van der Waals surface area contributed by atoms with Gasteiger partial charge >= 0.3 is 6.03 Å². The predicted molar refractivity (Wildman–Crippen MR) is 103 cm³/mol. The molecule has 146 valence electrons. The average molecular weight is 371 g/mol. The maximum atomic E-state index is 12.7. The van der Waals surface area contributed by atoms with Crippen molar-refractivity contribution in [3.05, 3.63) is 35.4 Å². The molecule has 0 radical (unpaired) electrons. The lowest BCUT2D eigenvalue weighted by Crippen LogP contribution is -2.42. The van der Waals surface area contributed by atoms with E-state index in [0.717, 1.165) is 30.4 Å². The maximum Gasteiger partial charge on any atom is 0.317 e. The fourth-order valence-electron chi connectivity index (χ4n) is 5.24. The lowest BCUT2D eigenvalue weighted by atomic mass is 9.73. The van der Waals surface area contributed by atoms with Crippen molar-refractivity contribution < 1.29 is 14.3 Å². The van der Waals surface area contributed by atoms with Gasteiger partial charge < -0.3 is 20.3 Å². The van der Waals surface area contributed by atoms with Crippen molar-refractivity contribution in [1.82, 2.24) is 15.5 Å². The number of carbonyl (C=O) groups is 2. The number of amides is 3. The summed E-state index contributed by atoms with van der Waals surface area (Å²) in [5, 5.41) is 6.03. The molecular formula is C21H29N3O3. The molecule has 2 bridgehead atoms. The van der Waals surface area contributed by atoms with E-state index in [2.05, 4.69) is 17.6 Å². The standard InChI is InChI=1S/C21H29N3O3/c1-3-14-7-5-6-8-15(14)19(25)23-11-16-17-12-24(20(26)22-4-2)13-21(17)10-9-18(16)27-21/h5-8,16-18H,3-4,9-13H2,1-2H3,(H,22,26)(H,23,25)/t16-,17+,18+,21+/m0/s1. The van der Waals surface area contributed by atoms with E-state index in [4.69, 9.17) is 4.74 Å². The van der Waals surface area contributed by atoms with E-state index in [-0.39, 0.29) is 29.6 Å². The highest BCUT2D eigenvalue weighted by molar-refractivity contribution is 5.95. The molecule has 0 saturated carbocycles. The van der Waals surface area contributed by atoms with Gasteiger partial charge in [0.25, 0.3) is 5.91 Å². The van der Waals surface area contributed by atoms with Crippen LogP contribution < -0.4 is 10.6 Å². The van der Waals surface area contributed by atoms with Crippen LogP contribution in [0.25, 0.3) is 0 Å². The Morgan fingerprint density at radius 2 is 2.07 bits per heavy atom. The van der Waals surface area contributed by atoms with Gasteiger partial charge in [0.1, 0.15) is 0 Å². The minimum atomic E-state index is -0.202. The quantitative estimate of drug-likeness (QED) is 0.834. The molecule has 2 N–H and O–H groups in total. The summed E-state index contributed by atoms with van der Waals surface area (Å²) in [6.45, 7) is 6.62. The number of rotatable bonds is 5. The Morgan fingerprint density at radius 3 is 2.85 bits per heavy atom. The van der Waals surface area contributed by atoms with Crippen molar-refractivity contribution in [3.63, 3.8) is 0 Å². The van der Waals surface area contributed by atoms with E-state index >= 15 is 0 Å². The molecule has 1 aromatic rings. The molecule has 4 atom stereocenters. The largest absolute Gasteiger partial charge is 0.369 e. The lowest BCUT2D eigenvalue weighted by Gasteiger charge is -2.29. The van der Waals surface area contributed by atoms with E-state index in [1.807, 2.05) is 36.1 Å². The molecule has 1 spiro atoms. The van der Waals surface area contributed by atoms with Crippen molar-refractivity contribution in [2.45, 2.75) is 44.8 Å². The highest BCUT2D eigenvalue weighted by Gasteiger charge is 2.63. The zero-order valence-corrected chi connectivity index (χ0v) is 16.2. The fourth-order valence-corrected chi connectivity index (χ4v) is 5.24. The summed E-state index contributed by atoms with van der Waals surface area (Å²) < 4.78 is 6.36. The average Bonchev–Trinajstić information content (AvgIpc) is 3.34. The van der Waals surface area contributed by atoms with Gasteiger partial charge in [-0.3, -0.25) is 4.79 Å². The monoisotopic (exact) mass is 371 g/mol. The molecule has 27 heavy (non-hydrogen) atoms. The molecule has 0 aliphatic carbocycles. The summed E-state index contributed by atoms with van der Waals surface area (Å²) in [6.07, 6.45) is 3.08. The van der Waals surface area contributed by atoms with Crippen LogP contribution in [-0.4, -0.2) is 54.7 Å². The van der Waals surface area contributed by atoms with Crippen LogP contribution in [0.15, 0.2) is 24.3 Å². The minimum Gasteiger partial charge on any atom is -0.369 e. The number of likely N-dealkylation sites (tertiary alicyclic amines) is 1. The molecule has 3 fully saturated rings. The third-order valence-electron chi connectivity index (χ3n) is 6.54. The number of urea groups is 1. The van der Waals surface area contributed by atoms with Crippen LogP contribution in [-0.2, 0) is 11.2 Å². The summed E-state index contributed by atoms with van der Waals surface area (Å²) >= 11 is 0. The number of hydrogen-bond acceptors (Lipinski definition) is 3. The molecule has 3 saturated heterocycles. The van der Waals surface area contributed by atoms with E-state index in [1.165, 1.54) is 0 Å². The zero-order chi connectivity index (χ0) is 19.0. The van der Waals surface area contributed by atoms with Crippen molar-refractivity contribution >= 4 is 11.9 Å². The Labute approximate surface area is 160 Å². The summed E-state index contributed by atoms with van der Waals surface area (Å²) in [6, 6.07) is 7.76. The molecule has 3 aliphatic rings. The van der Waals surface area contributed by atoms with Gasteiger partial charge in [0.15, 0.2) is 0 Å². The van der Waals surface area contributed by atoms with E-state index in [0.29, 0.717) is 32.1 Å². The molecule has 3 aliphatic heterocycles. The fraction of sp³-hybridized carbons (Fsp3) is 0.619. The number of ether oxygens (including phenoxy) is 1. The molecule has 0 aromatic heterocycles. The second-order valence-electron chi connectivity index (χ2n) is 7.97. The summed E-state index contributed by atoms with van der Waals surface area (Å²) in [5.74, 6) is 0.569. The topological polar surface area (TPSA) is 70.7 Å². The van der Waals surface area contributed by atoms with E-state index in [9.17, 15) is 9.59 Å². The Hall–Kier alpha value is -2.08. The van der Waals surface area contributed by atoms with Crippen molar-refractivity contribution in [1.29, 1.82) is 0 Å². The van der Waals surface area contributed by atoms with E-state index in [1.54, 1.807) is 0 Å². The number of aryl methyl sites for hydroxylation is 1. The highest BCUT2D eigenvalue weighted by atomic mass is 16.5. The molecule has 4 rings (SSSR count). The SMILES string of the molecule is CCNC(=O)N1C[C@@H]2[C@H](CNC(=O)c3ccccc3CC)[C@H]3CC[C@]2(C1)O3. The van der Waals surface area contributed by atoms with Crippen LogP contribution >= 0.6 is 0 Å². The van der Waals surface area contributed by atoms with Crippen LogP contribution in [0.4, 0.5) is 4.79 Å². The number of nitrogens with one attached hydrogen (secondary N) is 2. The van der Waals surface area contributed by atoms with Crippen molar-refractivity contribution in [2.75, 3.05) is 26.2 Å². The normalized spacial score (nSPS) is 31.0. The molecule has 3 amide bonds. The van der Waals surface area contributed by atoms with E-state index < -0.39 is 0 Å². The van der Waals surface area contributed by atoms with Gasteiger partial charge in [0, 0.05) is 37.0 Å². The van der Waals surface area contributed by atoms with Crippen LogP contribution in [0.3, 0.4) is 0 Å². The molecule has 6 nitrogen and oxygen atoms in total. The molecule has 3 heterocycles. The van der Waals surface area contributed by atoms with Crippen LogP contribution in [0, 0.1) is 11.8 Å². The van der Waals surface area contributed by atoms with Gasteiger partial charge in [-0.15, -0.1) is 0 Å². The van der Waals surface area contributed by atoms with Gasteiger partial charge in [-0.1, -0.05) is 25.1 Å². The molecular weight excluding hydrogens is 342 g/mol. The minimum absolute atomic E-state index is 0.00650. The smallest absolute Gasteiger partial charge is 0.317 e. The second-order valence-corrected chi connectivity index (χ2v) is 7.97. The third-order valence-corrected chi connectivity index (χ3v) is 6.54. The third kappa shape index (κ3) is 3.10. The van der Waals surface area contributed by atoms with Crippen LogP contribution in [0.2, 0.25) is 0 Å². The number of benzene rings is 1. The first-order valence-electron chi connectivity index (χ1n) is 10.1. The van der Waals surface area contributed by atoms with Crippen LogP contribution in [0.1, 0.15) is 42.6 Å². The Kier molecular flexibility index (Phi) is 4.84. The first-order chi connectivity index (χ1) is 13.1. The Bertz CT molecular complexity index is 737. The maximum absolute atomic E-state index is 12.7. The van der Waals surface area contributed by atoms with Crippen LogP contribution in [0.5, 0.6) is 0 Å². The van der Waals surface area contributed by atoms with Gasteiger partial charge in [0.2, 0.25) is 0 Å². The molecule has 1 aromatic carbocycles. The highest BCUT2D eigenvalue weighted by Crippen LogP contribution is 2.54. The zero-order valence-electron chi connectivity index (χ0n) is 16.2. The van der Waals surface area contributed by atoms with Crippen molar-refractivity contribution in [2.24, 2.45) is 11.8 Å². The van der Waals surface area contributed by atoms with Gasteiger partial charge in [-0.05, 0) is 37.8 Å². The van der Waals surface area contributed by atoms with Crippen molar-refractivity contribution in [3.8, 4) is 0 Å².